The Balaban J connectivity index is 2.31. The summed E-state index contributed by atoms with van der Waals surface area (Å²) in [7, 11) is 0. The average molecular weight is 280 g/mol. The maximum atomic E-state index is 12.8. The second kappa shape index (κ2) is 6.06. The normalized spacial score (nSPS) is 18.9. The number of aryl methyl sites for hydroxylation is 1. The fourth-order valence-corrected chi connectivity index (χ4v) is 3.15. The Hall–Kier alpha value is -0.860. The number of hydrogen-bond donors (Lipinski definition) is 1. The van der Waals surface area contributed by atoms with Crippen LogP contribution in [-0.2, 0) is 0 Å². The molecule has 0 amide bonds. The molecule has 3 heteroatoms. The summed E-state index contributed by atoms with van der Waals surface area (Å²) in [5.74, 6) is 0.179. The number of hydrogen-bond acceptors (Lipinski definition) is 2. The predicted octanol–water partition coefficient (Wildman–Crippen LogP) is 4.13. The number of ketones is 1. The van der Waals surface area contributed by atoms with Crippen LogP contribution in [0.5, 0.6) is 0 Å². The van der Waals surface area contributed by atoms with E-state index in [0.29, 0.717) is 17.1 Å². The minimum Gasteiger partial charge on any atom is -0.329 e. The molecule has 2 nitrogen and oxygen atoms in total. The molecule has 0 aromatic heterocycles. The van der Waals surface area contributed by atoms with E-state index in [2.05, 4.69) is 0 Å². The van der Waals surface area contributed by atoms with Crippen molar-refractivity contribution in [3.8, 4) is 0 Å². The molecule has 1 aromatic rings. The molecule has 0 aliphatic heterocycles. The summed E-state index contributed by atoms with van der Waals surface area (Å²) in [6.45, 7) is 2.39. The smallest absolute Gasteiger partial charge is 0.170 e. The van der Waals surface area contributed by atoms with Crippen LogP contribution in [0.3, 0.4) is 0 Å². The summed E-state index contributed by atoms with van der Waals surface area (Å²) in [6.07, 6.45) is 6.44. The molecule has 0 heterocycles. The van der Waals surface area contributed by atoms with E-state index < -0.39 is 0 Å². The van der Waals surface area contributed by atoms with E-state index >= 15 is 0 Å². The van der Waals surface area contributed by atoms with Crippen molar-refractivity contribution in [1.82, 2.24) is 0 Å². The van der Waals surface area contributed by atoms with E-state index in [9.17, 15) is 4.79 Å². The lowest BCUT2D eigenvalue weighted by molar-refractivity contribution is 0.0774. The molecule has 0 unspecified atom stereocenters. The van der Waals surface area contributed by atoms with Gasteiger partial charge in [-0.2, -0.15) is 0 Å². The standard InChI is InChI=1S/C16H22ClNO/c1-12-6-7-13(10-14(12)17)15(19)16(11-18)8-4-2-3-5-9-16/h6-7,10H,2-5,8-9,11,18H2,1H3. The van der Waals surface area contributed by atoms with Crippen LogP contribution in [0.1, 0.15) is 54.4 Å². The zero-order valence-electron chi connectivity index (χ0n) is 11.5. The maximum Gasteiger partial charge on any atom is 0.170 e. The average Bonchev–Trinajstić information content (AvgIpc) is 2.67. The highest BCUT2D eigenvalue weighted by Gasteiger charge is 2.37. The lowest BCUT2D eigenvalue weighted by Gasteiger charge is -2.30. The number of rotatable bonds is 3. The van der Waals surface area contributed by atoms with Crippen LogP contribution >= 0.6 is 11.6 Å². The Labute approximate surface area is 120 Å². The fourth-order valence-electron chi connectivity index (χ4n) is 2.97. The van der Waals surface area contributed by atoms with Crippen LogP contribution in [0.25, 0.3) is 0 Å². The molecule has 1 fully saturated rings. The molecule has 104 valence electrons. The van der Waals surface area contributed by atoms with Crippen LogP contribution in [0.2, 0.25) is 5.02 Å². The molecule has 0 radical (unpaired) electrons. The molecule has 19 heavy (non-hydrogen) atoms. The van der Waals surface area contributed by atoms with E-state index in [1.54, 1.807) is 6.07 Å². The van der Waals surface area contributed by atoms with Gasteiger partial charge in [0, 0.05) is 22.5 Å². The van der Waals surface area contributed by atoms with Crippen LogP contribution in [0, 0.1) is 12.3 Å². The van der Waals surface area contributed by atoms with Crippen molar-refractivity contribution >= 4 is 17.4 Å². The molecule has 2 N–H and O–H groups in total. The van der Waals surface area contributed by atoms with Gasteiger partial charge in [0.25, 0.3) is 0 Å². The first-order chi connectivity index (χ1) is 9.09. The first kappa shape index (κ1) is 14.5. The zero-order chi connectivity index (χ0) is 13.9. The Kier molecular flexibility index (Phi) is 4.64. The Morgan fingerprint density at radius 3 is 2.42 bits per heavy atom. The molecule has 1 aliphatic rings. The van der Waals surface area contributed by atoms with Gasteiger partial charge in [0.1, 0.15) is 0 Å². The number of halogens is 1. The van der Waals surface area contributed by atoms with Gasteiger partial charge in [0.05, 0.1) is 0 Å². The Morgan fingerprint density at radius 1 is 1.26 bits per heavy atom. The van der Waals surface area contributed by atoms with Crippen molar-refractivity contribution in [2.75, 3.05) is 6.54 Å². The first-order valence-corrected chi connectivity index (χ1v) is 7.48. The van der Waals surface area contributed by atoms with Gasteiger partial charge in [0.2, 0.25) is 0 Å². The molecule has 0 saturated heterocycles. The Morgan fingerprint density at radius 2 is 1.89 bits per heavy atom. The molecule has 1 saturated carbocycles. The highest BCUT2D eigenvalue weighted by atomic mass is 35.5. The van der Waals surface area contributed by atoms with Crippen molar-refractivity contribution in [3.05, 3.63) is 34.3 Å². The predicted molar refractivity (Wildman–Crippen MR) is 79.7 cm³/mol. The van der Waals surface area contributed by atoms with E-state index in [1.165, 1.54) is 12.8 Å². The number of benzene rings is 1. The van der Waals surface area contributed by atoms with E-state index in [-0.39, 0.29) is 11.2 Å². The summed E-state index contributed by atoms with van der Waals surface area (Å²) in [4.78, 5) is 12.8. The van der Waals surface area contributed by atoms with Gasteiger partial charge in [-0.15, -0.1) is 0 Å². The Bertz CT molecular complexity index is 462. The third-order valence-corrected chi connectivity index (χ3v) is 4.77. The molecular formula is C16H22ClNO. The molecule has 0 atom stereocenters. The molecule has 0 spiro atoms. The fraction of sp³-hybridized carbons (Fsp3) is 0.562. The SMILES string of the molecule is Cc1ccc(C(=O)C2(CN)CCCCCC2)cc1Cl. The number of nitrogens with two attached hydrogens (primary N) is 1. The number of carbonyl (C=O) groups excluding carboxylic acids is 1. The van der Waals surface area contributed by atoms with Crippen LogP contribution in [0.4, 0.5) is 0 Å². The number of carbonyl (C=O) groups is 1. The minimum atomic E-state index is -0.366. The summed E-state index contributed by atoms with van der Waals surface area (Å²) < 4.78 is 0. The van der Waals surface area contributed by atoms with Crippen LogP contribution in [-0.4, -0.2) is 12.3 Å². The number of Topliss-reactive ketones (excluding diaryl/α,β-unsaturated/α-hetero) is 1. The molecule has 0 bridgehead atoms. The topological polar surface area (TPSA) is 43.1 Å². The van der Waals surface area contributed by atoms with Crippen molar-refractivity contribution in [3.63, 3.8) is 0 Å². The molecule has 2 rings (SSSR count). The van der Waals surface area contributed by atoms with E-state index in [0.717, 1.165) is 31.2 Å². The molecular weight excluding hydrogens is 258 g/mol. The third-order valence-electron chi connectivity index (χ3n) is 4.37. The quantitative estimate of drug-likeness (QED) is 0.668. The van der Waals surface area contributed by atoms with Crippen molar-refractivity contribution < 1.29 is 4.79 Å². The molecule has 1 aliphatic carbocycles. The molecule has 1 aromatic carbocycles. The van der Waals surface area contributed by atoms with Gasteiger partial charge in [0.15, 0.2) is 5.78 Å². The van der Waals surface area contributed by atoms with Crippen molar-refractivity contribution in [1.29, 1.82) is 0 Å². The minimum absolute atomic E-state index is 0.179. The second-order valence-corrected chi connectivity index (χ2v) is 6.10. The lowest BCUT2D eigenvalue weighted by atomic mass is 9.74. The van der Waals surface area contributed by atoms with Gasteiger partial charge < -0.3 is 5.73 Å². The highest BCUT2D eigenvalue weighted by Crippen LogP contribution is 2.37. The summed E-state index contributed by atoms with van der Waals surface area (Å²) >= 11 is 6.13. The van der Waals surface area contributed by atoms with Gasteiger partial charge in [-0.3, -0.25) is 4.79 Å². The van der Waals surface area contributed by atoms with E-state index in [4.69, 9.17) is 17.3 Å². The first-order valence-electron chi connectivity index (χ1n) is 7.10. The van der Waals surface area contributed by atoms with Crippen LogP contribution in [0.15, 0.2) is 18.2 Å². The zero-order valence-corrected chi connectivity index (χ0v) is 12.3. The summed E-state index contributed by atoms with van der Waals surface area (Å²) in [6, 6.07) is 5.59. The monoisotopic (exact) mass is 279 g/mol. The lowest BCUT2D eigenvalue weighted by Crippen LogP contribution is -2.38. The van der Waals surface area contributed by atoms with E-state index in [1.807, 2.05) is 19.1 Å². The van der Waals surface area contributed by atoms with Gasteiger partial charge in [-0.25, -0.2) is 0 Å². The van der Waals surface area contributed by atoms with Crippen molar-refractivity contribution in [2.45, 2.75) is 45.4 Å². The third kappa shape index (κ3) is 3.01. The maximum absolute atomic E-state index is 12.8. The van der Waals surface area contributed by atoms with Gasteiger partial charge in [-0.05, 0) is 31.4 Å². The summed E-state index contributed by atoms with van der Waals surface area (Å²) in [5.41, 5.74) is 7.31. The van der Waals surface area contributed by atoms with Gasteiger partial charge >= 0.3 is 0 Å². The summed E-state index contributed by atoms with van der Waals surface area (Å²) in [5, 5.41) is 0.659. The van der Waals surface area contributed by atoms with Crippen LogP contribution < -0.4 is 5.73 Å². The largest absolute Gasteiger partial charge is 0.329 e. The van der Waals surface area contributed by atoms with Crippen molar-refractivity contribution in [2.24, 2.45) is 11.1 Å². The van der Waals surface area contributed by atoms with Gasteiger partial charge in [-0.1, -0.05) is 49.4 Å². The second-order valence-electron chi connectivity index (χ2n) is 5.69. The highest BCUT2D eigenvalue weighted by molar-refractivity contribution is 6.31.